The molecule has 0 spiro atoms. The van der Waals surface area contributed by atoms with E-state index in [1.54, 1.807) is 0 Å². The molecule has 1 aliphatic rings. The quantitative estimate of drug-likeness (QED) is 0.910. The Balaban J connectivity index is 1.85. The first-order valence-electron chi connectivity index (χ1n) is 7.38. The summed E-state index contributed by atoms with van der Waals surface area (Å²) in [7, 11) is 0. The molecule has 1 aliphatic heterocycles. The minimum absolute atomic E-state index is 0.501. The standard InChI is InChI=1S/C16H22ClN3/c1-11-3-2-6-20(16(11)8-18)10-12-9-19-15-7-13(17)4-5-14(12)15/h4-5,7,9,11,16,19H,2-3,6,8,10,18H2,1H3. The molecule has 3 nitrogen and oxygen atoms in total. The summed E-state index contributed by atoms with van der Waals surface area (Å²) in [5, 5.41) is 2.04. The molecule has 0 aliphatic carbocycles. The fourth-order valence-corrected chi connectivity index (χ4v) is 3.59. The fourth-order valence-electron chi connectivity index (χ4n) is 3.42. The van der Waals surface area contributed by atoms with Gasteiger partial charge >= 0.3 is 0 Å². The van der Waals surface area contributed by atoms with Gasteiger partial charge in [-0.2, -0.15) is 0 Å². The van der Waals surface area contributed by atoms with Gasteiger partial charge in [-0.15, -0.1) is 0 Å². The summed E-state index contributed by atoms with van der Waals surface area (Å²) in [5.41, 5.74) is 8.43. The van der Waals surface area contributed by atoms with Crippen LogP contribution in [0.5, 0.6) is 0 Å². The lowest BCUT2D eigenvalue weighted by atomic mass is 9.90. The minimum atomic E-state index is 0.501. The van der Waals surface area contributed by atoms with Crippen LogP contribution in [0.1, 0.15) is 25.3 Å². The zero-order chi connectivity index (χ0) is 14.1. The van der Waals surface area contributed by atoms with Crippen molar-refractivity contribution in [1.29, 1.82) is 0 Å². The molecule has 1 fully saturated rings. The molecule has 1 aromatic carbocycles. The Morgan fingerprint density at radius 2 is 2.30 bits per heavy atom. The van der Waals surface area contributed by atoms with Crippen LogP contribution in [0.25, 0.3) is 10.9 Å². The monoisotopic (exact) mass is 291 g/mol. The number of hydrogen-bond donors (Lipinski definition) is 2. The zero-order valence-electron chi connectivity index (χ0n) is 11.9. The van der Waals surface area contributed by atoms with Gasteiger partial charge < -0.3 is 10.7 Å². The zero-order valence-corrected chi connectivity index (χ0v) is 12.7. The van der Waals surface area contributed by atoms with Gasteiger partial charge in [-0.05, 0) is 43.0 Å². The molecule has 4 heteroatoms. The number of aromatic nitrogens is 1. The first-order valence-corrected chi connectivity index (χ1v) is 7.76. The molecule has 0 saturated carbocycles. The van der Waals surface area contributed by atoms with Crippen molar-refractivity contribution in [3.05, 3.63) is 35.0 Å². The van der Waals surface area contributed by atoms with Crippen LogP contribution in [0.2, 0.25) is 5.02 Å². The van der Waals surface area contributed by atoms with Crippen LogP contribution in [-0.2, 0) is 6.54 Å². The smallest absolute Gasteiger partial charge is 0.0472 e. The van der Waals surface area contributed by atoms with E-state index in [0.717, 1.165) is 30.2 Å². The number of fused-ring (bicyclic) bond motifs is 1. The molecule has 2 heterocycles. The number of piperidine rings is 1. The molecule has 0 amide bonds. The van der Waals surface area contributed by atoms with E-state index in [2.05, 4.69) is 29.1 Å². The number of benzene rings is 1. The van der Waals surface area contributed by atoms with Crippen molar-refractivity contribution < 1.29 is 0 Å². The number of halogens is 1. The van der Waals surface area contributed by atoms with Gasteiger partial charge in [0.2, 0.25) is 0 Å². The second kappa shape index (κ2) is 5.76. The Morgan fingerprint density at radius 3 is 3.10 bits per heavy atom. The molecular formula is C16H22ClN3. The van der Waals surface area contributed by atoms with Gasteiger partial charge in [-0.25, -0.2) is 0 Å². The van der Waals surface area contributed by atoms with Crippen LogP contribution >= 0.6 is 11.6 Å². The van der Waals surface area contributed by atoms with Gasteiger partial charge in [-0.1, -0.05) is 24.6 Å². The summed E-state index contributed by atoms with van der Waals surface area (Å²) < 4.78 is 0. The Labute approximate surface area is 125 Å². The number of H-pyrrole nitrogens is 1. The van der Waals surface area contributed by atoms with Crippen molar-refractivity contribution in [3.8, 4) is 0 Å². The van der Waals surface area contributed by atoms with Crippen molar-refractivity contribution in [1.82, 2.24) is 9.88 Å². The Morgan fingerprint density at radius 1 is 1.45 bits per heavy atom. The molecular weight excluding hydrogens is 270 g/mol. The van der Waals surface area contributed by atoms with Crippen molar-refractivity contribution in [2.24, 2.45) is 11.7 Å². The van der Waals surface area contributed by atoms with Gasteiger partial charge in [0.15, 0.2) is 0 Å². The van der Waals surface area contributed by atoms with Crippen LogP contribution in [-0.4, -0.2) is 29.0 Å². The molecule has 2 unspecified atom stereocenters. The van der Waals surface area contributed by atoms with E-state index in [1.807, 2.05) is 12.1 Å². The van der Waals surface area contributed by atoms with Gasteiger partial charge in [0.25, 0.3) is 0 Å². The maximum Gasteiger partial charge on any atom is 0.0472 e. The highest BCUT2D eigenvalue weighted by atomic mass is 35.5. The SMILES string of the molecule is CC1CCCN(Cc2c[nH]c3cc(Cl)ccc23)C1CN. The molecule has 3 rings (SSSR count). The Hall–Kier alpha value is -1.03. The second-order valence-electron chi connectivity index (χ2n) is 5.90. The molecule has 108 valence electrons. The summed E-state index contributed by atoms with van der Waals surface area (Å²) in [6.07, 6.45) is 4.67. The molecule has 0 radical (unpaired) electrons. The van der Waals surface area contributed by atoms with Crippen LogP contribution in [0, 0.1) is 5.92 Å². The number of likely N-dealkylation sites (tertiary alicyclic amines) is 1. The topological polar surface area (TPSA) is 45.0 Å². The Kier molecular flexibility index (Phi) is 4.01. The predicted molar refractivity (Wildman–Crippen MR) is 85.0 cm³/mol. The summed E-state index contributed by atoms with van der Waals surface area (Å²) in [6, 6.07) is 6.55. The van der Waals surface area contributed by atoms with Crippen molar-refractivity contribution in [2.75, 3.05) is 13.1 Å². The highest BCUT2D eigenvalue weighted by Gasteiger charge is 2.27. The molecule has 0 bridgehead atoms. The maximum absolute atomic E-state index is 6.04. The highest BCUT2D eigenvalue weighted by molar-refractivity contribution is 6.31. The van der Waals surface area contributed by atoms with Gasteiger partial charge in [-0.3, -0.25) is 4.90 Å². The van der Waals surface area contributed by atoms with E-state index >= 15 is 0 Å². The molecule has 1 saturated heterocycles. The average molecular weight is 292 g/mol. The van der Waals surface area contributed by atoms with Crippen LogP contribution < -0.4 is 5.73 Å². The third-order valence-electron chi connectivity index (χ3n) is 4.58. The highest BCUT2D eigenvalue weighted by Crippen LogP contribution is 2.27. The first kappa shape index (κ1) is 13.9. The molecule has 2 aromatic rings. The van der Waals surface area contributed by atoms with E-state index in [0.29, 0.717) is 12.0 Å². The minimum Gasteiger partial charge on any atom is -0.361 e. The van der Waals surface area contributed by atoms with E-state index in [4.69, 9.17) is 17.3 Å². The number of nitrogens with zero attached hydrogens (tertiary/aromatic N) is 1. The summed E-state index contributed by atoms with van der Waals surface area (Å²) in [5.74, 6) is 0.688. The third-order valence-corrected chi connectivity index (χ3v) is 4.81. The van der Waals surface area contributed by atoms with Gasteiger partial charge in [0.05, 0.1) is 0 Å². The summed E-state index contributed by atoms with van der Waals surface area (Å²) in [6.45, 7) is 5.17. The number of hydrogen-bond acceptors (Lipinski definition) is 2. The van der Waals surface area contributed by atoms with E-state index in [-0.39, 0.29) is 0 Å². The fraction of sp³-hybridized carbons (Fsp3) is 0.500. The lowest BCUT2D eigenvalue weighted by Gasteiger charge is -2.39. The van der Waals surface area contributed by atoms with Crippen molar-refractivity contribution >= 4 is 22.5 Å². The predicted octanol–water partition coefficient (Wildman–Crippen LogP) is 3.38. The van der Waals surface area contributed by atoms with E-state index in [1.165, 1.54) is 23.8 Å². The van der Waals surface area contributed by atoms with Crippen molar-refractivity contribution in [2.45, 2.75) is 32.4 Å². The van der Waals surface area contributed by atoms with Gasteiger partial charge in [0.1, 0.15) is 0 Å². The molecule has 1 aromatic heterocycles. The van der Waals surface area contributed by atoms with E-state index in [9.17, 15) is 0 Å². The molecule has 20 heavy (non-hydrogen) atoms. The van der Waals surface area contributed by atoms with Crippen LogP contribution in [0.3, 0.4) is 0 Å². The number of nitrogens with one attached hydrogen (secondary N) is 1. The average Bonchev–Trinajstić information content (AvgIpc) is 2.81. The van der Waals surface area contributed by atoms with Gasteiger partial charge in [0, 0.05) is 41.3 Å². The lowest BCUT2D eigenvalue weighted by molar-refractivity contribution is 0.0995. The summed E-state index contributed by atoms with van der Waals surface area (Å²) >= 11 is 6.04. The third kappa shape index (κ3) is 2.58. The van der Waals surface area contributed by atoms with Crippen LogP contribution in [0.15, 0.2) is 24.4 Å². The van der Waals surface area contributed by atoms with E-state index < -0.39 is 0 Å². The van der Waals surface area contributed by atoms with Crippen LogP contribution in [0.4, 0.5) is 0 Å². The number of rotatable bonds is 3. The van der Waals surface area contributed by atoms with Crippen molar-refractivity contribution in [3.63, 3.8) is 0 Å². The molecule has 2 atom stereocenters. The first-order chi connectivity index (χ1) is 9.69. The summed E-state index contributed by atoms with van der Waals surface area (Å²) in [4.78, 5) is 5.85. The number of nitrogens with two attached hydrogens (primary N) is 1. The maximum atomic E-state index is 6.04. The largest absolute Gasteiger partial charge is 0.361 e. The molecule has 3 N–H and O–H groups in total. The number of aromatic amines is 1. The second-order valence-corrected chi connectivity index (χ2v) is 6.33. The lowest BCUT2D eigenvalue weighted by Crippen LogP contribution is -2.47. The Bertz CT molecular complexity index is 592. The normalized spacial score (nSPS) is 24.4.